The summed E-state index contributed by atoms with van der Waals surface area (Å²) in [6.45, 7) is 0. The van der Waals surface area contributed by atoms with Crippen LogP contribution in [0.15, 0.2) is 79.7 Å². The van der Waals surface area contributed by atoms with Gasteiger partial charge in [0.25, 0.3) is 0 Å². The normalized spacial score (nSPS) is 11.6. The maximum Gasteiger partial charge on any atom is 0.345 e. The molecular weight excluding hydrogens is 479 g/mol. The highest BCUT2D eigenvalue weighted by Gasteiger charge is 2.16. The lowest BCUT2D eigenvalue weighted by molar-refractivity contribution is 0.563. The largest absolute Gasteiger partial charge is 0.457 e. The van der Waals surface area contributed by atoms with Crippen molar-refractivity contribution in [2.24, 2.45) is 0 Å². The SMILES string of the molecule is N#C/C(=C\c1ccc(-c2c(Cl)cccc2Cl)o1)c1nc(-c2cc3ccccc3oc2=O)cs1. The summed E-state index contributed by atoms with van der Waals surface area (Å²) in [4.78, 5) is 16.9. The molecular formula is C25H12Cl2N2O3S. The van der Waals surface area contributed by atoms with Gasteiger partial charge < -0.3 is 8.83 Å². The Morgan fingerprint density at radius 2 is 1.82 bits per heavy atom. The van der Waals surface area contributed by atoms with Gasteiger partial charge in [0.1, 0.15) is 28.2 Å². The van der Waals surface area contributed by atoms with Crippen LogP contribution >= 0.6 is 34.5 Å². The van der Waals surface area contributed by atoms with Gasteiger partial charge in [-0.2, -0.15) is 5.26 Å². The first-order valence-electron chi connectivity index (χ1n) is 9.68. The van der Waals surface area contributed by atoms with Gasteiger partial charge in [0.05, 0.1) is 32.4 Å². The van der Waals surface area contributed by atoms with E-state index in [1.165, 1.54) is 11.3 Å². The average Bonchev–Trinajstić information content (AvgIpc) is 3.47. The number of fused-ring (bicyclic) bond motifs is 1. The molecule has 0 spiro atoms. The van der Waals surface area contributed by atoms with E-state index in [1.54, 1.807) is 60.0 Å². The minimum absolute atomic E-state index is 0.294. The van der Waals surface area contributed by atoms with E-state index in [2.05, 4.69) is 11.1 Å². The van der Waals surface area contributed by atoms with Crippen LogP contribution in [0.2, 0.25) is 10.0 Å². The van der Waals surface area contributed by atoms with Crippen molar-refractivity contribution in [3.63, 3.8) is 0 Å². The summed E-state index contributed by atoms with van der Waals surface area (Å²) in [6, 6.07) is 19.8. The molecule has 5 aromatic rings. The van der Waals surface area contributed by atoms with Gasteiger partial charge in [-0.15, -0.1) is 11.3 Å². The van der Waals surface area contributed by atoms with Crippen LogP contribution in [0, 0.1) is 11.3 Å². The predicted molar refractivity (Wildman–Crippen MR) is 131 cm³/mol. The van der Waals surface area contributed by atoms with Gasteiger partial charge in [0, 0.05) is 16.8 Å². The topological polar surface area (TPSA) is 80.0 Å². The van der Waals surface area contributed by atoms with Crippen molar-refractivity contribution in [1.82, 2.24) is 4.98 Å². The molecule has 0 unspecified atom stereocenters. The van der Waals surface area contributed by atoms with Crippen LogP contribution in [0.4, 0.5) is 0 Å². The van der Waals surface area contributed by atoms with Crippen LogP contribution < -0.4 is 5.63 Å². The molecule has 33 heavy (non-hydrogen) atoms. The van der Waals surface area contributed by atoms with Crippen LogP contribution in [0.3, 0.4) is 0 Å². The first-order chi connectivity index (χ1) is 16.0. The molecule has 0 aliphatic heterocycles. The Morgan fingerprint density at radius 1 is 1.03 bits per heavy atom. The lowest BCUT2D eigenvalue weighted by atomic mass is 10.1. The molecule has 0 radical (unpaired) electrons. The maximum atomic E-state index is 12.4. The molecule has 0 saturated heterocycles. The van der Waals surface area contributed by atoms with E-state index in [9.17, 15) is 10.1 Å². The Morgan fingerprint density at radius 3 is 2.61 bits per heavy atom. The number of hydrogen-bond donors (Lipinski definition) is 0. The molecule has 5 rings (SSSR count). The Kier molecular flexibility index (Phi) is 5.61. The van der Waals surface area contributed by atoms with Crippen molar-refractivity contribution in [2.75, 3.05) is 0 Å². The zero-order chi connectivity index (χ0) is 22.9. The number of para-hydroxylation sites is 1. The quantitative estimate of drug-likeness (QED) is 0.192. The molecule has 0 fully saturated rings. The zero-order valence-corrected chi connectivity index (χ0v) is 19.0. The van der Waals surface area contributed by atoms with Crippen LogP contribution in [0.25, 0.3) is 45.2 Å². The number of benzene rings is 2. The third-order valence-electron chi connectivity index (χ3n) is 4.89. The molecule has 0 amide bonds. The summed E-state index contributed by atoms with van der Waals surface area (Å²) in [5, 5.41) is 13.6. The van der Waals surface area contributed by atoms with Crippen molar-refractivity contribution in [3.05, 3.63) is 97.3 Å². The lowest BCUT2D eigenvalue weighted by Crippen LogP contribution is -2.02. The van der Waals surface area contributed by atoms with E-state index in [-0.39, 0.29) is 0 Å². The monoisotopic (exact) mass is 490 g/mol. The second-order valence-electron chi connectivity index (χ2n) is 6.99. The molecule has 0 N–H and O–H groups in total. The minimum atomic E-state index is -0.486. The van der Waals surface area contributed by atoms with Gasteiger partial charge in [-0.1, -0.05) is 47.5 Å². The smallest absolute Gasteiger partial charge is 0.345 e. The molecule has 0 atom stereocenters. The van der Waals surface area contributed by atoms with E-state index in [4.69, 9.17) is 32.0 Å². The maximum absolute atomic E-state index is 12.4. The Hall–Kier alpha value is -3.63. The molecule has 160 valence electrons. The number of furan rings is 1. The number of nitriles is 1. The fraction of sp³-hybridized carbons (Fsp3) is 0. The Bertz CT molecular complexity index is 1620. The highest BCUT2D eigenvalue weighted by Crippen LogP contribution is 2.36. The number of aromatic nitrogens is 1. The summed E-state index contributed by atoms with van der Waals surface area (Å²) in [5.74, 6) is 0.933. The molecule has 5 nitrogen and oxygen atoms in total. The third-order valence-corrected chi connectivity index (χ3v) is 6.40. The van der Waals surface area contributed by atoms with Gasteiger partial charge in [-0.3, -0.25) is 0 Å². The standard InChI is InChI=1S/C25H12Cl2N2O3S/c26-18-5-3-6-19(27)23(18)22-9-8-16(31-22)10-15(12-28)24-29-20(13-33-24)17-11-14-4-1-2-7-21(14)32-25(17)30/h1-11,13H/b15-10+. The molecule has 3 aromatic heterocycles. The number of nitrogens with zero attached hydrogens (tertiary/aromatic N) is 2. The number of rotatable bonds is 4. The van der Waals surface area contributed by atoms with Crippen molar-refractivity contribution >= 4 is 57.2 Å². The van der Waals surface area contributed by atoms with Crippen molar-refractivity contribution in [2.45, 2.75) is 0 Å². The number of halogens is 2. The van der Waals surface area contributed by atoms with Gasteiger partial charge in [0.15, 0.2) is 0 Å². The summed E-state index contributed by atoms with van der Waals surface area (Å²) >= 11 is 13.8. The van der Waals surface area contributed by atoms with Crippen LogP contribution in [0.1, 0.15) is 10.8 Å². The van der Waals surface area contributed by atoms with Gasteiger partial charge in [0.2, 0.25) is 0 Å². The van der Waals surface area contributed by atoms with Gasteiger partial charge >= 0.3 is 5.63 Å². The van der Waals surface area contributed by atoms with E-state index in [0.717, 1.165) is 5.39 Å². The van der Waals surface area contributed by atoms with E-state index >= 15 is 0 Å². The summed E-state index contributed by atoms with van der Waals surface area (Å²) in [5.41, 5.74) is 1.67. The number of allylic oxidation sites excluding steroid dienone is 1. The zero-order valence-electron chi connectivity index (χ0n) is 16.7. The summed E-state index contributed by atoms with van der Waals surface area (Å²) < 4.78 is 11.3. The predicted octanol–water partition coefficient (Wildman–Crippen LogP) is 7.55. The fourth-order valence-electron chi connectivity index (χ4n) is 3.34. The molecule has 8 heteroatoms. The van der Waals surface area contributed by atoms with Crippen molar-refractivity contribution < 1.29 is 8.83 Å². The molecule has 0 aliphatic rings. The third kappa shape index (κ3) is 4.10. The van der Waals surface area contributed by atoms with Crippen LogP contribution in [-0.4, -0.2) is 4.98 Å². The first-order valence-corrected chi connectivity index (χ1v) is 11.3. The van der Waals surface area contributed by atoms with Crippen molar-refractivity contribution in [1.29, 1.82) is 5.26 Å². The first kappa shape index (κ1) is 21.2. The lowest BCUT2D eigenvalue weighted by Gasteiger charge is -2.02. The summed E-state index contributed by atoms with van der Waals surface area (Å²) in [7, 11) is 0. The molecule has 0 aliphatic carbocycles. The van der Waals surface area contributed by atoms with E-state index < -0.39 is 5.63 Å². The van der Waals surface area contributed by atoms with Crippen LogP contribution in [-0.2, 0) is 0 Å². The average molecular weight is 491 g/mol. The van der Waals surface area contributed by atoms with Gasteiger partial charge in [-0.05, 0) is 36.4 Å². The summed E-state index contributed by atoms with van der Waals surface area (Å²) in [6.07, 6.45) is 1.58. The molecule has 0 bridgehead atoms. The molecule has 3 heterocycles. The van der Waals surface area contributed by atoms with Gasteiger partial charge in [-0.25, -0.2) is 9.78 Å². The Balaban J connectivity index is 1.50. The van der Waals surface area contributed by atoms with E-state index in [1.807, 2.05) is 12.1 Å². The number of hydrogen-bond acceptors (Lipinski definition) is 6. The fourth-order valence-corrected chi connectivity index (χ4v) is 4.71. The molecule has 2 aromatic carbocycles. The second kappa shape index (κ2) is 8.72. The highest BCUT2D eigenvalue weighted by atomic mass is 35.5. The van der Waals surface area contributed by atoms with E-state index in [0.29, 0.717) is 54.6 Å². The highest BCUT2D eigenvalue weighted by molar-refractivity contribution is 7.11. The minimum Gasteiger partial charge on any atom is -0.457 e. The Labute approximate surface area is 201 Å². The number of thiazole rings is 1. The van der Waals surface area contributed by atoms with Crippen LogP contribution in [0.5, 0.6) is 0 Å². The van der Waals surface area contributed by atoms with Crippen molar-refractivity contribution in [3.8, 4) is 28.7 Å². The molecule has 0 saturated carbocycles. The second-order valence-corrected chi connectivity index (χ2v) is 8.66.